The lowest BCUT2D eigenvalue weighted by Gasteiger charge is -2.38. The van der Waals surface area contributed by atoms with Crippen LogP contribution < -0.4 is 10.1 Å². The van der Waals surface area contributed by atoms with Crippen LogP contribution in [-0.4, -0.2) is 47.5 Å². The third-order valence-electron chi connectivity index (χ3n) is 6.63. The molecular weight excluding hydrogens is 477 g/mol. The maximum atomic E-state index is 13.6. The number of fused-ring (bicyclic) bond motifs is 1. The van der Waals surface area contributed by atoms with Gasteiger partial charge in [-0.05, 0) is 80.1 Å². The van der Waals surface area contributed by atoms with E-state index in [9.17, 15) is 14.0 Å². The van der Waals surface area contributed by atoms with Crippen molar-refractivity contribution in [2.75, 3.05) is 25.0 Å². The molecule has 1 N–H and O–H groups in total. The minimum atomic E-state index is -0.328. The SMILES string of the molecule is CC[C@@H](C)N(CC(=O)N1CCc2sccc2[C@H]1COc1ccc(F)cc1)C(=O)Nc1ccc(C)cc1. The number of hydrogen-bond acceptors (Lipinski definition) is 4. The molecule has 0 radical (unpaired) electrons. The van der Waals surface area contributed by atoms with Gasteiger partial charge in [-0.2, -0.15) is 0 Å². The Morgan fingerprint density at radius 2 is 1.89 bits per heavy atom. The molecule has 0 aliphatic carbocycles. The number of nitrogens with one attached hydrogen (secondary N) is 1. The number of ether oxygens (including phenoxy) is 1. The Kier molecular flexibility index (Phi) is 8.25. The van der Waals surface area contributed by atoms with Crippen molar-refractivity contribution in [1.82, 2.24) is 9.80 Å². The number of anilines is 1. The molecule has 1 aliphatic rings. The summed E-state index contributed by atoms with van der Waals surface area (Å²) in [6.07, 6.45) is 1.49. The topological polar surface area (TPSA) is 61.9 Å². The zero-order valence-corrected chi connectivity index (χ0v) is 21.7. The Morgan fingerprint density at radius 1 is 1.17 bits per heavy atom. The molecule has 0 saturated heterocycles. The van der Waals surface area contributed by atoms with Crippen molar-refractivity contribution in [3.8, 4) is 5.75 Å². The molecular formula is C28H32FN3O3S. The summed E-state index contributed by atoms with van der Waals surface area (Å²) < 4.78 is 19.3. The second kappa shape index (κ2) is 11.6. The van der Waals surface area contributed by atoms with E-state index >= 15 is 0 Å². The average molecular weight is 510 g/mol. The summed E-state index contributed by atoms with van der Waals surface area (Å²) >= 11 is 1.68. The van der Waals surface area contributed by atoms with E-state index in [1.165, 1.54) is 17.0 Å². The van der Waals surface area contributed by atoms with Crippen molar-refractivity contribution >= 4 is 29.0 Å². The van der Waals surface area contributed by atoms with Crippen LogP contribution in [0.25, 0.3) is 0 Å². The van der Waals surface area contributed by atoms with Crippen molar-refractivity contribution in [1.29, 1.82) is 0 Å². The van der Waals surface area contributed by atoms with Gasteiger partial charge in [0.05, 0.1) is 6.04 Å². The second-order valence-electron chi connectivity index (χ2n) is 9.10. The Morgan fingerprint density at radius 3 is 2.58 bits per heavy atom. The Bertz CT molecular complexity index is 1180. The first kappa shape index (κ1) is 25.7. The highest BCUT2D eigenvalue weighted by Gasteiger charge is 2.34. The summed E-state index contributed by atoms with van der Waals surface area (Å²) in [6, 6.07) is 14.8. The van der Waals surface area contributed by atoms with E-state index in [1.54, 1.807) is 28.4 Å². The maximum absolute atomic E-state index is 13.6. The summed E-state index contributed by atoms with van der Waals surface area (Å²) in [7, 11) is 0. The molecule has 2 heterocycles. The molecule has 2 atom stereocenters. The van der Waals surface area contributed by atoms with Gasteiger partial charge in [0.25, 0.3) is 0 Å². The van der Waals surface area contributed by atoms with Crippen molar-refractivity contribution in [2.24, 2.45) is 0 Å². The molecule has 0 bridgehead atoms. The van der Waals surface area contributed by atoms with Crippen molar-refractivity contribution in [3.05, 3.63) is 81.8 Å². The van der Waals surface area contributed by atoms with Gasteiger partial charge in [-0.1, -0.05) is 24.6 Å². The third kappa shape index (κ3) is 6.05. The first-order valence-corrected chi connectivity index (χ1v) is 13.1. The predicted molar refractivity (Wildman–Crippen MR) is 141 cm³/mol. The zero-order chi connectivity index (χ0) is 25.7. The Hall–Kier alpha value is -3.39. The van der Waals surface area contributed by atoms with Gasteiger partial charge in [-0.3, -0.25) is 4.79 Å². The molecule has 2 aromatic carbocycles. The molecule has 3 aromatic rings. The van der Waals surface area contributed by atoms with E-state index in [0.29, 0.717) is 18.0 Å². The van der Waals surface area contributed by atoms with Crippen LogP contribution >= 0.6 is 11.3 Å². The number of nitrogens with zero attached hydrogens (tertiary/aromatic N) is 2. The van der Waals surface area contributed by atoms with Crippen LogP contribution in [0.4, 0.5) is 14.9 Å². The normalized spacial score (nSPS) is 15.7. The Balaban J connectivity index is 1.50. The second-order valence-corrected chi connectivity index (χ2v) is 10.1. The minimum absolute atomic E-state index is 0.0286. The fraction of sp³-hybridized carbons (Fsp3) is 0.357. The predicted octanol–water partition coefficient (Wildman–Crippen LogP) is 6.03. The number of benzene rings is 2. The lowest BCUT2D eigenvalue weighted by molar-refractivity contribution is -0.135. The van der Waals surface area contributed by atoms with E-state index in [0.717, 1.165) is 24.0 Å². The van der Waals surface area contributed by atoms with Crippen LogP contribution in [0.15, 0.2) is 60.0 Å². The lowest BCUT2D eigenvalue weighted by Crippen LogP contribution is -2.50. The van der Waals surface area contributed by atoms with Crippen LogP contribution in [0.2, 0.25) is 0 Å². The molecule has 0 saturated carbocycles. The van der Waals surface area contributed by atoms with Crippen molar-refractivity contribution in [2.45, 2.75) is 45.7 Å². The number of hydrogen-bond donors (Lipinski definition) is 1. The first-order valence-electron chi connectivity index (χ1n) is 12.2. The number of rotatable bonds is 8. The van der Waals surface area contributed by atoms with Crippen LogP contribution in [0, 0.1) is 12.7 Å². The van der Waals surface area contributed by atoms with E-state index in [-0.39, 0.29) is 43.0 Å². The number of urea groups is 1. The number of carbonyl (C=O) groups is 2. The molecule has 1 aliphatic heterocycles. The van der Waals surface area contributed by atoms with Crippen LogP contribution in [0.3, 0.4) is 0 Å². The summed E-state index contributed by atoms with van der Waals surface area (Å²) in [5.74, 6) is 0.0924. The number of amides is 3. The summed E-state index contributed by atoms with van der Waals surface area (Å²) in [4.78, 5) is 31.5. The van der Waals surface area contributed by atoms with Gasteiger partial charge in [-0.25, -0.2) is 9.18 Å². The summed E-state index contributed by atoms with van der Waals surface area (Å²) in [5, 5.41) is 4.96. The average Bonchev–Trinajstić information content (AvgIpc) is 3.36. The number of halogens is 1. The maximum Gasteiger partial charge on any atom is 0.322 e. The highest BCUT2D eigenvalue weighted by atomic mass is 32.1. The van der Waals surface area contributed by atoms with Gasteiger partial charge in [0.15, 0.2) is 0 Å². The zero-order valence-electron chi connectivity index (χ0n) is 20.9. The van der Waals surface area contributed by atoms with E-state index in [1.807, 2.05) is 61.4 Å². The standard InChI is InChI=1S/C28H32FN3O3S/c1-4-20(3)32(28(34)30-22-9-5-19(2)6-10-22)17-27(33)31-15-13-26-24(14-16-36-26)25(31)18-35-23-11-7-21(29)8-12-23/h5-12,14,16,20,25H,4,13,15,17-18H2,1-3H3,(H,30,34)/t20-,25-/m1/s1. The molecule has 1 aromatic heterocycles. The number of thiophene rings is 1. The van der Waals surface area contributed by atoms with Gasteiger partial charge in [0, 0.05) is 23.2 Å². The molecule has 0 unspecified atom stereocenters. The van der Waals surface area contributed by atoms with Gasteiger partial charge in [0.1, 0.15) is 24.7 Å². The highest BCUT2D eigenvalue weighted by molar-refractivity contribution is 7.10. The largest absolute Gasteiger partial charge is 0.491 e. The molecule has 6 nitrogen and oxygen atoms in total. The molecule has 0 fully saturated rings. The molecule has 4 rings (SSSR count). The molecule has 3 amide bonds. The van der Waals surface area contributed by atoms with Gasteiger partial charge < -0.3 is 19.9 Å². The minimum Gasteiger partial charge on any atom is -0.491 e. The summed E-state index contributed by atoms with van der Waals surface area (Å²) in [5.41, 5.74) is 2.87. The summed E-state index contributed by atoms with van der Waals surface area (Å²) in [6.45, 7) is 6.71. The van der Waals surface area contributed by atoms with Crippen LogP contribution in [0.1, 0.15) is 42.3 Å². The smallest absolute Gasteiger partial charge is 0.322 e. The molecule has 8 heteroatoms. The van der Waals surface area contributed by atoms with Gasteiger partial charge in [-0.15, -0.1) is 11.3 Å². The molecule has 0 spiro atoms. The van der Waals surface area contributed by atoms with Crippen LogP contribution in [0.5, 0.6) is 5.75 Å². The van der Waals surface area contributed by atoms with E-state index < -0.39 is 0 Å². The van der Waals surface area contributed by atoms with Crippen molar-refractivity contribution < 1.29 is 18.7 Å². The van der Waals surface area contributed by atoms with Gasteiger partial charge in [0.2, 0.25) is 5.91 Å². The quantitative estimate of drug-likeness (QED) is 0.403. The fourth-order valence-electron chi connectivity index (χ4n) is 4.30. The molecule has 36 heavy (non-hydrogen) atoms. The third-order valence-corrected chi connectivity index (χ3v) is 7.63. The molecule has 190 valence electrons. The van der Waals surface area contributed by atoms with Crippen molar-refractivity contribution in [3.63, 3.8) is 0 Å². The number of carbonyl (C=O) groups excluding carboxylic acids is 2. The lowest BCUT2D eigenvalue weighted by atomic mass is 10.00. The number of aryl methyl sites for hydroxylation is 1. The van der Waals surface area contributed by atoms with Crippen LogP contribution in [-0.2, 0) is 11.2 Å². The Labute approximate surface area is 215 Å². The van der Waals surface area contributed by atoms with Gasteiger partial charge >= 0.3 is 6.03 Å². The highest BCUT2D eigenvalue weighted by Crippen LogP contribution is 2.34. The monoisotopic (exact) mass is 509 g/mol. The first-order chi connectivity index (χ1) is 17.4. The fourth-order valence-corrected chi connectivity index (χ4v) is 5.23. The van der Waals surface area contributed by atoms with E-state index in [2.05, 4.69) is 5.32 Å². The van der Waals surface area contributed by atoms with E-state index in [4.69, 9.17) is 4.74 Å².